The Morgan fingerprint density at radius 3 is 1.06 bits per heavy atom. The molecule has 0 saturated carbocycles. The molecule has 0 aliphatic carbocycles. The zero-order chi connectivity index (χ0) is 39.1. The maximum Gasteiger partial charge on any atom is 0.460 e. The average Bonchev–Trinajstić information content (AvgIpc) is 2.89. The third-order valence-electron chi connectivity index (χ3n) is 6.21. The van der Waals surface area contributed by atoms with Crippen LogP contribution in [0.25, 0.3) is 0 Å². The Kier molecular flexibility index (Phi) is 10.8. The zero-order valence-electron chi connectivity index (χ0n) is 21.3. The van der Waals surface area contributed by atoms with Gasteiger partial charge in [-0.05, 0) is 0 Å². The van der Waals surface area contributed by atoms with E-state index in [0.29, 0.717) is 0 Å². The summed E-state index contributed by atoms with van der Waals surface area (Å²) >= 11 is 0. The molecule has 4 N–H and O–H groups in total. The lowest BCUT2D eigenvalue weighted by molar-refractivity contribution is -0.479. The zero-order valence-corrected chi connectivity index (χ0v) is 21.3. The minimum atomic E-state index is -9.56. The third-order valence-corrected chi connectivity index (χ3v) is 6.21. The molecular weight excluding hydrogens is 765 g/mol. The Morgan fingerprint density at radius 1 is 0.479 bits per heavy atom. The van der Waals surface area contributed by atoms with Gasteiger partial charge in [-0.2, -0.15) is 101 Å². The number of carboxylic acid groups (broad SMARTS) is 1. The fourth-order valence-corrected chi connectivity index (χ4v) is 3.26. The molecular formula is C18H11F23O7. The molecule has 286 valence electrons. The molecule has 1 saturated heterocycles. The fourth-order valence-electron chi connectivity index (χ4n) is 3.26. The number of ether oxygens (including phenoxy) is 2. The number of aliphatic hydroxyl groups is 3. The van der Waals surface area contributed by atoms with Crippen LogP contribution in [-0.4, -0.2) is 129 Å². The second kappa shape index (κ2) is 11.9. The maximum atomic E-state index is 14.0. The lowest BCUT2D eigenvalue weighted by Crippen LogP contribution is -2.77. The van der Waals surface area contributed by atoms with Gasteiger partial charge in [-0.25, -0.2) is 4.79 Å². The second-order valence-corrected chi connectivity index (χ2v) is 9.42. The van der Waals surface area contributed by atoms with Crippen LogP contribution in [0.4, 0.5) is 101 Å². The number of alkyl halides is 23. The SMILES string of the molecule is O=C(O)[C@H]1O[C@@H](OCC(F)(F)C(F)(F)C(F)(F)C(F)(F)C(F)(F)C(F)(F)C(F)(F)C(F)(F)C(F)(F)C(F)(F)C(F)(F)F)[C@H](O)[C@@H](O)[C@@H]1O. The third kappa shape index (κ3) is 5.74. The van der Waals surface area contributed by atoms with Gasteiger partial charge in [0.1, 0.15) is 24.9 Å². The summed E-state index contributed by atoms with van der Waals surface area (Å²) in [6, 6.07) is 0. The van der Waals surface area contributed by atoms with Crippen molar-refractivity contribution in [3.05, 3.63) is 0 Å². The predicted octanol–water partition coefficient (Wildman–Crippen LogP) is 4.81. The molecule has 0 amide bonds. The Bertz CT molecular complexity index is 1180. The van der Waals surface area contributed by atoms with E-state index >= 15 is 0 Å². The van der Waals surface area contributed by atoms with Gasteiger partial charge in [0.15, 0.2) is 12.4 Å². The van der Waals surface area contributed by atoms with Crippen LogP contribution in [0, 0.1) is 0 Å². The summed E-state index contributed by atoms with van der Waals surface area (Å²) < 4.78 is 317. The molecule has 1 aliphatic heterocycles. The molecule has 48 heavy (non-hydrogen) atoms. The van der Waals surface area contributed by atoms with Crippen molar-refractivity contribution in [2.75, 3.05) is 6.61 Å². The number of hydrogen-bond donors (Lipinski definition) is 4. The smallest absolute Gasteiger partial charge is 0.460 e. The van der Waals surface area contributed by atoms with Crippen molar-refractivity contribution in [3.8, 4) is 0 Å². The van der Waals surface area contributed by atoms with Crippen LogP contribution in [0.5, 0.6) is 0 Å². The van der Waals surface area contributed by atoms with E-state index in [4.69, 9.17) is 5.11 Å². The molecule has 1 aliphatic rings. The van der Waals surface area contributed by atoms with Crippen molar-refractivity contribution in [1.29, 1.82) is 0 Å². The first kappa shape index (κ1) is 43.7. The van der Waals surface area contributed by atoms with E-state index in [1.54, 1.807) is 0 Å². The number of hydrogen-bond acceptors (Lipinski definition) is 6. The first-order valence-electron chi connectivity index (χ1n) is 11.0. The van der Waals surface area contributed by atoms with E-state index in [1.807, 2.05) is 0 Å². The van der Waals surface area contributed by atoms with E-state index in [1.165, 1.54) is 0 Å². The molecule has 30 heteroatoms. The summed E-state index contributed by atoms with van der Waals surface area (Å²) in [5.74, 6) is -92.2. The number of carboxylic acids is 1. The van der Waals surface area contributed by atoms with Crippen LogP contribution in [0.2, 0.25) is 0 Å². The van der Waals surface area contributed by atoms with E-state index < -0.39 is 109 Å². The first-order chi connectivity index (χ1) is 20.6. The highest BCUT2D eigenvalue weighted by Crippen LogP contribution is 2.67. The summed E-state index contributed by atoms with van der Waals surface area (Å²) in [5, 5.41) is 36.9. The van der Waals surface area contributed by atoms with Crippen LogP contribution >= 0.6 is 0 Å². The molecule has 0 spiro atoms. The summed E-state index contributed by atoms with van der Waals surface area (Å²) in [5.41, 5.74) is 0. The Balaban J connectivity index is 3.64. The van der Waals surface area contributed by atoms with Crippen LogP contribution in [0.3, 0.4) is 0 Å². The number of aliphatic hydroxyl groups excluding tert-OH is 3. The van der Waals surface area contributed by atoms with Crippen molar-refractivity contribution in [2.45, 2.75) is 96.1 Å². The molecule has 0 aromatic heterocycles. The summed E-state index contributed by atoms with van der Waals surface area (Å²) in [7, 11) is 0. The monoisotopic (exact) mass is 776 g/mol. The largest absolute Gasteiger partial charge is 0.479 e. The van der Waals surface area contributed by atoms with E-state index in [0.717, 1.165) is 0 Å². The summed E-state index contributed by atoms with van der Waals surface area (Å²) in [6.07, 6.45) is -23.0. The van der Waals surface area contributed by atoms with Gasteiger partial charge in [0, 0.05) is 0 Å². The van der Waals surface area contributed by atoms with Gasteiger partial charge in [-0.15, -0.1) is 0 Å². The summed E-state index contributed by atoms with van der Waals surface area (Å²) in [4.78, 5) is 10.9. The lowest BCUT2D eigenvalue weighted by atomic mass is 9.85. The maximum absolute atomic E-state index is 14.0. The van der Waals surface area contributed by atoms with Gasteiger partial charge >= 0.3 is 71.4 Å². The molecule has 0 aromatic carbocycles. The molecule has 1 fully saturated rings. The second-order valence-electron chi connectivity index (χ2n) is 9.42. The molecule has 1 rings (SSSR count). The minimum absolute atomic E-state index is 2.39. The number of carbonyl (C=O) groups is 1. The molecule has 0 radical (unpaired) electrons. The van der Waals surface area contributed by atoms with Crippen LogP contribution in [0.15, 0.2) is 0 Å². The topological polar surface area (TPSA) is 116 Å². The van der Waals surface area contributed by atoms with Crippen LogP contribution in [0.1, 0.15) is 0 Å². The molecule has 5 atom stereocenters. The highest BCUT2D eigenvalue weighted by Gasteiger charge is 2.98. The van der Waals surface area contributed by atoms with Crippen molar-refractivity contribution >= 4 is 5.97 Å². The molecule has 0 unspecified atom stereocenters. The van der Waals surface area contributed by atoms with Gasteiger partial charge in [0.2, 0.25) is 0 Å². The fraction of sp³-hybridized carbons (Fsp3) is 0.944. The molecule has 0 aromatic rings. The minimum Gasteiger partial charge on any atom is -0.479 e. The van der Waals surface area contributed by atoms with Crippen LogP contribution < -0.4 is 0 Å². The predicted molar refractivity (Wildman–Crippen MR) is 95.8 cm³/mol. The van der Waals surface area contributed by atoms with Crippen molar-refractivity contribution in [3.63, 3.8) is 0 Å². The first-order valence-corrected chi connectivity index (χ1v) is 11.0. The molecule has 0 bridgehead atoms. The van der Waals surface area contributed by atoms with Crippen molar-refractivity contribution < 1.29 is 136 Å². The Hall–Kier alpha value is -2.34. The van der Waals surface area contributed by atoms with Gasteiger partial charge in [0.25, 0.3) is 0 Å². The molecule has 1 heterocycles. The lowest BCUT2D eigenvalue weighted by Gasteiger charge is -2.45. The van der Waals surface area contributed by atoms with E-state index in [9.17, 15) is 121 Å². The Morgan fingerprint density at radius 2 is 0.771 bits per heavy atom. The van der Waals surface area contributed by atoms with Crippen LogP contribution in [-0.2, 0) is 14.3 Å². The average molecular weight is 776 g/mol. The molecule has 7 nitrogen and oxygen atoms in total. The van der Waals surface area contributed by atoms with Crippen molar-refractivity contribution in [2.24, 2.45) is 0 Å². The van der Waals surface area contributed by atoms with E-state index in [-0.39, 0.29) is 0 Å². The highest BCUT2D eigenvalue weighted by molar-refractivity contribution is 5.73. The Labute approximate surface area is 245 Å². The van der Waals surface area contributed by atoms with Gasteiger partial charge in [0.05, 0.1) is 0 Å². The highest BCUT2D eigenvalue weighted by atomic mass is 19.4. The van der Waals surface area contributed by atoms with E-state index in [2.05, 4.69) is 9.47 Å². The standard InChI is InChI=1S/C18H11F23O7/c19-8(20,1-47-7-4(44)2(42)3(43)5(48-7)6(45)46)9(21,22)10(23,24)11(25,26)12(27,28)13(29,30)14(31,32)15(33,34)16(35,36)17(37,38)18(39,40)41/h2-5,7,42-44H,1H2,(H,45,46)/t2-,3-,4+,5-,7+/m0/s1. The normalized spacial score (nSPS) is 25.3. The number of halogens is 23. The quantitative estimate of drug-likeness (QED) is 0.199. The van der Waals surface area contributed by atoms with Crippen molar-refractivity contribution in [1.82, 2.24) is 0 Å². The number of rotatable bonds is 13. The van der Waals surface area contributed by atoms with Gasteiger partial charge in [-0.3, -0.25) is 0 Å². The van der Waals surface area contributed by atoms with Gasteiger partial charge in [-0.1, -0.05) is 0 Å². The van der Waals surface area contributed by atoms with Gasteiger partial charge < -0.3 is 29.9 Å². The summed E-state index contributed by atoms with van der Waals surface area (Å²) in [6.45, 7) is -3.75. The number of aliphatic carboxylic acids is 1.